The van der Waals surface area contributed by atoms with Crippen LogP contribution >= 0.6 is 10.7 Å². The average molecular weight is 901 g/mol. The molecule has 4 rings (SSSR count). The molecular weight excluding hydrogens is 818 g/mol. The number of rotatable bonds is 25. The highest BCUT2D eigenvalue weighted by molar-refractivity contribution is 8.11. The van der Waals surface area contributed by atoms with Crippen molar-refractivity contribution in [2.24, 2.45) is 17.1 Å². The fourth-order valence-electron chi connectivity index (χ4n) is 10.1. The summed E-state index contributed by atoms with van der Waals surface area (Å²) in [6, 6.07) is 13.7. The van der Waals surface area contributed by atoms with Crippen LogP contribution in [0.1, 0.15) is 135 Å². The number of hydrogen-bond acceptors (Lipinski definition) is 4. The van der Waals surface area contributed by atoms with Crippen LogP contribution in [0.15, 0.2) is 102 Å². The van der Waals surface area contributed by atoms with Gasteiger partial charge in [0.1, 0.15) is 18.3 Å². The summed E-state index contributed by atoms with van der Waals surface area (Å²) in [4.78, 5) is 0. The first-order valence-corrected chi connectivity index (χ1v) is 25.8. The standard InChI is InChI=1S/C28H39F2NS.C28H44FN3/c1-5-28(17-10-7-11-18-28)25-20-26(29)24(19-27(25)30)21-31(32(3)4)22(2)13-12-16-23-14-8-6-9-15-23;1-6-10-25(11-7-2)26(12-9-16-30)20-23(4)19-24(5)27(13-15-29)28(14-18-32-22-28)21-31-17-8-3/h6,8-9,14-15,19-20,22H,3,5,7,10-13,16-18,21H2,1-2,4H3;3,6,10-11,13,19,26,31-32H,4,7,9,12,14-18,20-22,30H2,1-2,5H3/b;10-6-,24-19-,25-11+,27-13+/t22-,32?;/m0./s1. The van der Waals surface area contributed by atoms with E-state index >= 15 is 8.78 Å². The number of alkyl halides is 1. The molecule has 4 nitrogen and oxygen atoms in total. The number of nitrogens with zero attached hydrogens (tertiary/aromatic N) is 1. The first-order chi connectivity index (χ1) is 30.8. The minimum absolute atomic E-state index is 0.152. The first-order valence-electron chi connectivity index (χ1n) is 24.1. The highest BCUT2D eigenvalue weighted by atomic mass is 32.2. The molecule has 0 radical (unpaired) electrons. The normalized spacial score (nSPS) is 19.6. The average Bonchev–Trinajstić information content (AvgIpc) is 3.77. The molecule has 4 N–H and O–H groups in total. The molecule has 0 spiro atoms. The Morgan fingerprint density at radius 1 is 1.06 bits per heavy atom. The number of aryl methyl sites for hydroxylation is 1. The summed E-state index contributed by atoms with van der Waals surface area (Å²) in [6.45, 7) is 18.6. The van der Waals surface area contributed by atoms with Gasteiger partial charge in [-0.15, -0.1) is 17.1 Å². The number of hydrogen-bond donors (Lipinski definition) is 3. The summed E-state index contributed by atoms with van der Waals surface area (Å²) in [5, 5.41) is 6.80. The Morgan fingerprint density at radius 3 is 2.39 bits per heavy atom. The van der Waals surface area contributed by atoms with Crippen LogP contribution < -0.4 is 16.4 Å². The molecule has 2 aliphatic rings. The number of nitrogens with two attached hydrogens (primary N) is 1. The van der Waals surface area contributed by atoms with E-state index in [0.717, 1.165) is 120 Å². The maximum atomic E-state index is 15.3. The molecule has 3 unspecified atom stereocenters. The van der Waals surface area contributed by atoms with E-state index in [1.165, 1.54) is 29.7 Å². The number of halogens is 3. The molecule has 64 heavy (non-hydrogen) atoms. The zero-order valence-corrected chi connectivity index (χ0v) is 41.3. The van der Waals surface area contributed by atoms with Crippen molar-refractivity contribution in [2.75, 3.05) is 45.7 Å². The van der Waals surface area contributed by atoms with Crippen molar-refractivity contribution in [3.63, 3.8) is 0 Å². The van der Waals surface area contributed by atoms with Crippen LogP contribution in [0.25, 0.3) is 0 Å². The van der Waals surface area contributed by atoms with Gasteiger partial charge >= 0.3 is 0 Å². The molecule has 354 valence electrons. The molecule has 4 atom stereocenters. The van der Waals surface area contributed by atoms with Crippen LogP contribution in [0.4, 0.5) is 13.2 Å². The largest absolute Gasteiger partial charge is 0.330 e. The molecule has 2 aromatic rings. The zero-order chi connectivity index (χ0) is 47.0. The quantitative estimate of drug-likeness (QED) is 0.0402. The van der Waals surface area contributed by atoms with Crippen LogP contribution in [-0.4, -0.2) is 61.9 Å². The van der Waals surface area contributed by atoms with E-state index in [0.29, 0.717) is 36.7 Å². The number of allylic oxidation sites excluding steroid dienone is 8. The van der Waals surface area contributed by atoms with Crippen LogP contribution in [0.2, 0.25) is 0 Å². The summed E-state index contributed by atoms with van der Waals surface area (Å²) < 4.78 is 46.3. The van der Waals surface area contributed by atoms with E-state index in [1.54, 1.807) is 6.08 Å². The van der Waals surface area contributed by atoms with Gasteiger partial charge in [-0.05, 0) is 168 Å². The van der Waals surface area contributed by atoms with E-state index in [2.05, 4.69) is 123 Å². The highest BCUT2D eigenvalue weighted by Gasteiger charge is 2.38. The summed E-state index contributed by atoms with van der Waals surface area (Å²) in [7, 11) is -0.272. The Labute approximate surface area is 390 Å². The second-order valence-corrected chi connectivity index (χ2v) is 19.9. The Balaban J connectivity index is 0.000000340. The maximum Gasteiger partial charge on any atom is 0.128 e. The van der Waals surface area contributed by atoms with Crippen molar-refractivity contribution in [1.82, 2.24) is 14.9 Å². The Morgan fingerprint density at radius 2 is 1.80 bits per heavy atom. The molecule has 0 amide bonds. The van der Waals surface area contributed by atoms with Gasteiger partial charge in [0.2, 0.25) is 0 Å². The topological polar surface area (TPSA) is 53.3 Å². The van der Waals surface area contributed by atoms with Crippen molar-refractivity contribution >= 4 is 16.5 Å². The summed E-state index contributed by atoms with van der Waals surface area (Å²) in [5.74, 6) is 6.75. The number of benzene rings is 2. The van der Waals surface area contributed by atoms with Crippen LogP contribution in [0, 0.1) is 35.3 Å². The molecule has 0 aromatic heterocycles. The Bertz CT molecular complexity index is 1900. The monoisotopic (exact) mass is 901 g/mol. The molecule has 2 aromatic carbocycles. The van der Waals surface area contributed by atoms with Gasteiger partial charge in [-0.3, -0.25) is 0 Å². The van der Waals surface area contributed by atoms with E-state index in [1.807, 2.05) is 6.07 Å². The van der Waals surface area contributed by atoms with Gasteiger partial charge in [0.25, 0.3) is 0 Å². The molecule has 1 aliphatic carbocycles. The van der Waals surface area contributed by atoms with Crippen molar-refractivity contribution in [1.29, 1.82) is 0 Å². The van der Waals surface area contributed by atoms with Gasteiger partial charge in [0.05, 0.1) is 6.54 Å². The predicted molar refractivity (Wildman–Crippen MR) is 275 cm³/mol. The minimum Gasteiger partial charge on any atom is -0.330 e. The second-order valence-electron chi connectivity index (χ2n) is 18.2. The highest BCUT2D eigenvalue weighted by Crippen LogP contribution is 2.44. The molecule has 8 heteroatoms. The van der Waals surface area contributed by atoms with Gasteiger partial charge in [-0.25, -0.2) is 17.5 Å². The maximum absolute atomic E-state index is 15.3. The van der Waals surface area contributed by atoms with Crippen LogP contribution in [-0.2, 0) is 18.4 Å². The van der Waals surface area contributed by atoms with Crippen molar-refractivity contribution in [3.05, 3.63) is 130 Å². The Kier molecular flexibility index (Phi) is 25.1. The van der Waals surface area contributed by atoms with Gasteiger partial charge < -0.3 is 16.4 Å². The molecule has 1 saturated carbocycles. The zero-order valence-electron chi connectivity index (χ0n) is 40.5. The van der Waals surface area contributed by atoms with E-state index in [9.17, 15) is 4.39 Å². The van der Waals surface area contributed by atoms with Crippen LogP contribution in [0.3, 0.4) is 0 Å². The predicted octanol–water partition coefficient (Wildman–Crippen LogP) is 13.3. The number of terminal acetylenes is 1. The van der Waals surface area contributed by atoms with Crippen LogP contribution in [0.5, 0.6) is 0 Å². The Hall–Kier alpha value is -3.45. The fourth-order valence-corrected chi connectivity index (χ4v) is 11.1. The third-order valence-electron chi connectivity index (χ3n) is 13.5. The van der Waals surface area contributed by atoms with Gasteiger partial charge in [-0.2, -0.15) is 0 Å². The van der Waals surface area contributed by atoms with E-state index in [-0.39, 0.29) is 39.2 Å². The lowest BCUT2D eigenvalue weighted by molar-refractivity contribution is 0.273. The van der Waals surface area contributed by atoms with E-state index < -0.39 is 6.67 Å². The second kappa shape index (κ2) is 29.2. The molecular formula is C56H83F3N4S. The SMILES string of the molecule is C#CCNCC1(C(=C/CF)/C(C)=C\C(=C)CC(CCCN)C(/C=C\C)=C/CC)CCNC1.C=S(C)N(Cc1cc(F)c(C2(CC)CCCCC2)cc1F)[C@@H](C)CCCc1ccccc1. The lowest BCUT2D eigenvalue weighted by atomic mass is 9.67. The van der Waals surface area contributed by atoms with Crippen molar-refractivity contribution in [2.45, 2.75) is 143 Å². The molecule has 1 heterocycles. The summed E-state index contributed by atoms with van der Waals surface area (Å²) in [6.07, 6.45) is 32.1. The lowest BCUT2D eigenvalue weighted by Crippen LogP contribution is -2.38. The lowest BCUT2D eigenvalue weighted by Gasteiger charge is -2.37. The van der Waals surface area contributed by atoms with Gasteiger partial charge in [0, 0.05) is 36.7 Å². The first kappa shape index (κ1) is 54.9. The molecule has 1 saturated heterocycles. The minimum atomic E-state index is -0.478. The van der Waals surface area contributed by atoms with Gasteiger partial charge in [0.15, 0.2) is 0 Å². The molecule has 2 fully saturated rings. The molecule has 0 bridgehead atoms. The fraction of sp³-hybridized carbons (Fsp3) is 0.554. The summed E-state index contributed by atoms with van der Waals surface area (Å²) in [5.41, 5.74) is 12.4. The van der Waals surface area contributed by atoms with Gasteiger partial charge in [-0.1, -0.05) is 112 Å². The third kappa shape index (κ3) is 16.8. The van der Waals surface area contributed by atoms with Crippen molar-refractivity contribution < 1.29 is 13.2 Å². The van der Waals surface area contributed by atoms with Crippen molar-refractivity contribution in [3.8, 4) is 12.3 Å². The number of nitrogens with one attached hydrogen (secondary N) is 2. The smallest absolute Gasteiger partial charge is 0.128 e. The molecule has 1 aliphatic heterocycles. The van der Waals surface area contributed by atoms with E-state index in [4.69, 9.17) is 12.2 Å². The third-order valence-corrected chi connectivity index (χ3v) is 14.8. The summed E-state index contributed by atoms with van der Waals surface area (Å²) >= 11 is 0.